The Kier molecular flexibility index (Phi) is 4.55. The minimum Gasteiger partial charge on any atom is -0.497 e. The van der Waals surface area contributed by atoms with Crippen LogP contribution < -0.4 is 4.74 Å². The maximum atomic E-state index is 11.2. The molecule has 0 atom stereocenters. The van der Waals surface area contributed by atoms with Crippen LogP contribution in [0.1, 0.15) is 38.7 Å². The first-order valence-electron chi connectivity index (χ1n) is 8.57. The van der Waals surface area contributed by atoms with Crippen molar-refractivity contribution in [1.82, 2.24) is 25.1 Å². The Hall–Kier alpha value is -3.26. The second kappa shape index (κ2) is 7.16. The van der Waals surface area contributed by atoms with Crippen LogP contribution in [0.2, 0.25) is 0 Å². The lowest BCUT2D eigenvalue weighted by Gasteiger charge is -2.13. The number of aromatic amines is 1. The van der Waals surface area contributed by atoms with Crippen molar-refractivity contribution in [2.75, 3.05) is 7.11 Å². The monoisotopic (exact) mass is 365 g/mol. The number of H-pyrrole nitrogens is 1. The number of hydrogen-bond acceptors (Lipinski definition) is 6. The van der Waals surface area contributed by atoms with E-state index in [9.17, 15) is 9.90 Å². The predicted molar refractivity (Wildman–Crippen MR) is 96.3 cm³/mol. The normalized spacial score (nSPS) is 13.5. The molecule has 0 aliphatic carbocycles. The Balaban J connectivity index is 1.45. The average molecular weight is 365 g/mol. The number of hydrogen-bond donors (Lipinski definition) is 2. The van der Waals surface area contributed by atoms with Crippen molar-refractivity contribution in [3.05, 3.63) is 70.6 Å². The molecule has 2 N–H and O–H groups in total. The first-order valence-corrected chi connectivity index (χ1v) is 8.57. The summed E-state index contributed by atoms with van der Waals surface area (Å²) in [5, 5.41) is 15.6. The summed E-state index contributed by atoms with van der Waals surface area (Å²) in [5.74, 6) is 0.598. The van der Waals surface area contributed by atoms with E-state index in [4.69, 9.17) is 9.72 Å². The second-order valence-corrected chi connectivity index (χ2v) is 6.50. The van der Waals surface area contributed by atoms with Crippen LogP contribution in [0.3, 0.4) is 0 Å². The summed E-state index contributed by atoms with van der Waals surface area (Å²) in [4.78, 5) is 22.5. The topological polar surface area (TPSA) is 104 Å². The van der Waals surface area contributed by atoms with Crippen LogP contribution in [0.25, 0.3) is 0 Å². The number of aromatic nitrogens is 4. The van der Waals surface area contributed by atoms with Crippen molar-refractivity contribution in [3.63, 3.8) is 0 Å². The van der Waals surface area contributed by atoms with Crippen molar-refractivity contribution >= 4 is 5.97 Å². The van der Waals surface area contributed by atoms with Crippen LogP contribution in [-0.2, 0) is 26.1 Å². The van der Waals surface area contributed by atoms with Crippen molar-refractivity contribution in [2.45, 2.75) is 26.1 Å². The molecule has 2 aromatic heterocycles. The summed E-state index contributed by atoms with van der Waals surface area (Å²) in [6, 6.07) is 7.87. The Morgan fingerprint density at radius 1 is 1.26 bits per heavy atom. The van der Waals surface area contributed by atoms with Gasteiger partial charge in [0.15, 0.2) is 0 Å². The lowest BCUT2D eigenvalue weighted by molar-refractivity contribution is 0.0688. The number of methoxy groups -OCH3 is 1. The molecule has 0 saturated carbocycles. The smallest absolute Gasteiger partial charge is 0.354 e. The molecule has 0 unspecified atom stereocenters. The number of fused-ring (bicyclic) bond motifs is 1. The lowest BCUT2D eigenvalue weighted by atomic mass is 10.1. The number of aromatic carboxylic acids is 1. The predicted octanol–water partition coefficient (Wildman–Crippen LogP) is 2.01. The summed E-state index contributed by atoms with van der Waals surface area (Å²) < 4.78 is 5.18. The molecular formula is C19H19N5O3. The minimum absolute atomic E-state index is 0.136. The summed E-state index contributed by atoms with van der Waals surface area (Å²) in [5.41, 5.74) is 4.00. The van der Waals surface area contributed by atoms with E-state index in [1.165, 1.54) is 0 Å². The van der Waals surface area contributed by atoms with Crippen molar-refractivity contribution in [3.8, 4) is 5.75 Å². The fraction of sp³-hybridized carbons (Fsp3) is 0.263. The largest absolute Gasteiger partial charge is 0.497 e. The van der Waals surface area contributed by atoms with Crippen molar-refractivity contribution < 1.29 is 14.6 Å². The number of nitrogens with one attached hydrogen (secondary N) is 1. The molecule has 0 bridgehead atoms. The van der Waals surface area contributed by atoms with Gasteiger partial charge in [0.2, 0.25) is 0 Å². The SMILES string of the molecule is COc1ccc(Cc2ncc3c(n2)CN(Cc2cn[nH]c2C(=O)O)C3)cc1. The van der Waals surface area contributed by atoms with E-state index in [1.54, 1.807) is 13.3 Å². The molecule has 3 aromatic rings. The molecule has 0 radical (unpaired) electrons. The van der Waals surface area contributed by atoms with Gasteiger partial charge >= 0.3 is 5.97 Å². The summed E-state index contributed by atoms with van der Waals surface area (Å²) in [6.07, 6.45) is 4.09. The molecule has 3 heterocycles. The van der Waals surface area contributed by atoms with Gasteiger partial charge in [0.1, 0.15) is 17.3 Å². The number of carboxylic acids is 1. The highest BCUT2D eigenvalue weighted by molar-refractivity contribution is 5.86. The van der Waals surface area contributed by atoms with Gasteiger partial charge in [-0.15, -0.1) is 0 Å². The molecule has 0 fully saturated rings. The minimum atomic E-state index is -0.999. The highest BCUT2D eigenvalue weighted by Crippen LogP contribution is 2.23. The molecular weight excluding hydrogens is 346 g/mol. The van der Waals surface area contributed by atoms with Gasteiger partial charge in [0.05, 0.1) is 19.0 Å². The van der Waals surface area contributed by atoms with Gasteiger partial charge in [-0.3, -0.25) is 10.00 Å². The van der Waals surface area contributed by atoms with Gasteiger partial charge in [-0.05, 0) is 17.7 Å². The number of benzene rings is 1. The van der Waals surface area contributed by atoms with E-state index in [2.05, 4.69) is 20.1 Å². The zero-order valence-electron chi connectivity index (χ0n) is 14.8. The highest BCUT2D eigenvalue weighted by Gasteiger charge is 2.23. The van der Waals surface area contributed by atoms with Gasteiger partial charge in [0, 0.05) is 43.4 Å². The number of carbonyl (C=O) groups is 1. The fourth-order valence-electron chi connectivity index (χ4n) is 3.24. The lowest BCUT2D eigenvalue weighted by Crippen LogP contribution is -2.17. The van der Waals surface area contributed by atoms with Crippen molar-refractivity contribution in [1.29, 1.82) is 0 Å². The van der Waals surface area contributed by atoms with Crippen LogP contribution in [0.4, 0.5) is 0 Å². The fourth-order valence-corrected chi connectivity index (χ4v) is 3.24. The van der Waals surface area contributed by atoms with Crippen LogP contribution >= 0.6 is 0 Å². The number of nitrogens with zero attached hydrogens (tertiary/aromatic N) is 4. The first kappa shape index (κ1) is 17.2. The molecule has 1 aromatic carbocycles. The Labute approximate surface area is 155 Å². The second-order valence-electron chi connectivity index (χ2n) is 6.50. The van der Waals surface area contributed by atoms with E-state index < -0.39 is 5.97 Å². The van der Waals surface area contributed by atoms with E-state index in [0.717, 1.165) is 28.4 Å². The molecule has 1 aliphatic heterocycles. The molecule has 138 valence electrons. The quantitative estimate of drug-likeness (QED) is 0.688. The maximum absolute atomic E-state index is 11.2. The zero-order chi connectivity index (χ0) is 18.8. The van der Waals surface area contributed by atoms with Crippen LogP contribution in [0.5, 0.6) is 5.75 Å². The third kappa shape index (κ3) is 3.65. The zero-order valence-corrected chi connectivity index (χ0v) is 14.8. The standard InChI is InChI=1S/C19H19N5O3/c1-27-15-4-2-12(3-5-15)6-17-20-7-13-9-24(11-16(13)22-17)10-14-8-21-23-18(14)19(25)26/h2-5,7-8H,6,9-11H2,1H3,(H,21,23)(H,25,26). The number of ether oxygens (including phenoxy) is 1. The average Bonchev–Trinajstić information content (AvgIpc) is 3.28. The van der Waals surface area contributed by atoms with Crippen molar-refractivity contribution in [2.24, 2.45) is 0 Å². The van der Waals surface area contributed by atoms with E-state index >= 15 is 0 Å². The van der Waals surface area contributed by atoms with Crippen LogP contribution in [0, 0.1) is 0 Å². The highest BCUT2D eigenvalue weighted by atomic mass is 16.5. The van der Waals surface area contributed by atoms with Gasteiger partial charge in [-0.1, -0.05) is 12.1 Å². The molecule has 1 aliphatic rings. The Morgan fingerprint density at radius 2 is 2.07 bits per heavy atom. The number of rotatable bonds is 6. The van der Waals surface area contributed by atoms with Gasteiger partial charge in [0.25, 0.3) is 0 Å². The summed E-state index contributed by atoms with van der Waals surface area (Å²) >= 11 is 0. The van der Waals surface area contributed by atoms with Gasteiger partial charge in [-0.25, -0.2) is 14.8 Å². The number of carboxylic acid groups (broad SMARTS) is 1. The van der Waals surface area contributed by atoms with Crippen LogP contribution in [0.15, 0.2) is 36.7 Å². The van der Waals surface area contributed by atoms with E-state index in [1.807, 2.05) is 30.5 Å². The maximum Gasteiger partial charge on any atom is 0.354 e. The van der Waals surface area contributed by atoms with Gasteiger partial charge in [-0.2, -0.15) is 5.10 Å². The molecule has 8 heteroatoms. The molecule has 0 spiro atoms. The summed E-state index contributed by atoms with van der Waals surface area (Å²) in [7, 11) is 1.65. The molecule has 8 nitrogen and oxygen atoms in total. The van der Waals surface area contributed by atoms with E-state index in [-0.39, 0.29) is 5.69 Å². The van der Waals surface area contributed by atoms with Gasteiger partial charge < -0.3 is 9.84 Å². The van der Waals surface area contributed by atoms with Crippen LogP contribution in [-0.4, -0.2) is 43.3 Å². The molecule has 0 amide bonds. The third-order valence-corrected chi connectivity index (χ3v) is 4.62. The molecule has 0 saturated heterocycles. The Morgan fingerprint density at radius 3 is 2.81 bits per heavy atom. The molecule has 4 rings (SSSR count). The molecule has 27 heavy (non-hydrogen) atoms. The first-order chi connectivity index (χ1) is 13.1. The van der Waals surface area contributed by atoms with E-state index in [0.29, 0.717) is 31.6 Å². The summed E-state index contributed by atoms with van der Waals surface area (Å²) in [6.45, 7) is 1.86. The third-order valence-electron chi connectivity index (χ3n) is 4.62. The Bertz CT molecular complexity index is 968.